The maximum absolute atomic E-state index is 4.30. The molecule has 0 saturated carbocycles. The molecule has 2 aliphatic heterocycles. The maximum atomic E-state index is 4.30. The number of nitrogens with one attached hydrogen (secondary N) is 1. The first-order valence-electron chi connectivity index (χ1n) is 3.51. The van der Waals surface area contributed by atoms with Gasteiger partial charge in [0.25, 0.3) is 0 Å². The van der Waals surface area contributed by atoms with E-state index >= 15 is 0 Å². The molecule has 3 heteroatoms. The normalized spacial score (nSPS) is 43.7. The maximum Gasteiger partial charge on any atom is 0.0131 e. The third-order valence-corrected chi connectivity index (χ3v) is 2.70. The fourth-order valence-electron chi connectivity index (χ4n) is 1.83. The van der Waals surface area contributed by atoms with Gasteiger partial charge in [-0.25, -0.2) is 0 Å². The molecule has 0 aromatic heterocycles. The molecule has 2 fully saturated rings. The zero-order valence-corrected chi connectivity index (χ0v) is 6.27. The summed E-state index contributed by atoms with van der Waals surface area (Å²) in [6, 6.07) is 0. The van der Waals surface area contributed by atoms with E-state index < -0.39 is 0 Å². The fourth-order valence-corrected chi connectivity index (χ4v) is 2.25. The molecule has 0 aromatic rings. The lowest BCUT2D eigenvalue weighted by atomic mass is 10.0. The number of rotatable bonds is 0. The summed E-state index contributed by atoms with van der Waals surface area (Å²) in [5.41, 5.74) is 0. The average molecular weight is 144 g/mol. The summed E-state index contributed by atoms with van der Waals surface area (Å²) < 4.78 is 2.14. The van der Waals surface area contributed by atoms with Crippen LogP contribution in [0.4, 0.5) is 0 Å². The Bertz CT molecular complexity index is 106. The van der Waals surface area contributed by atoms with Crippen LogP contribution in [-0.2, 0) is 0 Å². The Morgan fingerprint density at radius 2 is 1.78 bits per heavy atom. The van der Waals surface area contributed by atoms with Gasteiger partial charge in [0, 0.05) is 13.1 Å². The number of thiol groups is 1. The summed E-state index contributed by atoms with van der Waals surface area (Å²) >= 11 is 4.30. The zero-order chi connectivity index (χ0) is 6.27. The van der Waals surface area contributed by atoms with Crippen molar-refractivity contribution in [1.82, 2.24) is 9.62 Å². The molecule has 0 bridgehead atoms. The predicted molar refractivity (Wildman–Crippen MR) is 40.4 cm³/mol. The minimum atomic E-state index is 0.891. The quantitative estimate of drug-likeness (QED) is 0.465. The van der Waals surface area contributed by atoms with Crippen molar-refractivity contribution in [2.45, 2.75) is 0 Å². The van der Waals surface area contributed by atoms with Gasteiger partial charge in [-0.1, -0.05) is 12.8 Å². The minimum absolute atomic E-state index is 0.891. The van der Waals surface area contributed by atoms with Crippen LogP contribution in [0.5, 0.6) is 0 Å². The van der Waals surface area contributed by atoms with Crippen LogP contribution in [0.1, 0.15) is 0 Å². The smallest absolute Gasteiger partial charge is 0.0131 e. The van der Waals surface area contributed by atoms with Crippen molar-refractivity contribution in [2.75, 3.05) is 26.2 Å². The number of hydrogen-bond donors (Lipinski definition) is 2. The highest BCUT2D eigenvalue weighted by Crippen LogP contribution is 2.26. The second kappa shape index (κ2) is 2.15. The molecule has 52 valence electrons. The molecular formula is C6H12N2S. The SMILES string of the molecule is SN1CC2CNCC2C1. The summed E-state index contributed by atoms with van der Waals surface area (Å²) in [6.45, 7) is 4.78. The van der Waals surface area contributed by atoms with Crippen molar-refractivity contribution in [2.24, 2.45) is 11.8 Å². The number of hydrogen-bond acceptors (Lipinski definition) is 3. The molecular weight excluding hydrogens is 132 g/mol. The molecule has 2 saturated heterocycles. The highest BCUT2D eigenvalue weighted by molar-refractivity contribution is 7.77. The minimum Gasteiger partial charge on any atom is -0.316 e. The molecule has 2 atom stereocenters. The van der Waals surface area contributed by atoms with E-state index in [9.17, 15) is 0 Å². The van der Waals surface area contributed by atoms with Crippen molar-refractivity contribution in [1.29, 1.82) is 0 Å². The van der Waals surface area contributed by atoms with Gasteiger partial charge >= 0.3 is 0 Å². The first-order chi connectivity index (χ1) is 4.36. The van der Waals surface area contributed by atoms with Crippen LogP contribution in [0.25, 0.3) is 0 Å². The molecule has 0 aromatic carbocycles. The van der Waals surface area contributed by atoms with Crippen LogP contribution in [0, 0.1) is 11.8 Å². The Labute approximate surface area is 61.2 Å². The molecule has 0 amide bonds. The summed E-state index contributed by atoms with van der Waals surface area (Å²) in [7, 11) is 0. The van der Waals surface area contributed by atoms with E-state index in [0.717, 1.165) is 11.8 Å². The highest BCUT2D eigenvalue weighted by Gasteiger charge is 2.34. The van der Waals surface area contributed by atoms with Gasteiger partial charge in [-0.05, 0) is 24.9 Å². The summed E-state index contributed by atoms with van der Waals surface area (Å²) in [4.78, 5) is 0. The summed E-state index contributed by atoms with van der Waals surface area (Å²) in [5.74, 6) is 1.78. The zero-order valence-electron chi connectivity index (χ0n) is 5.38. The van der Waals surface area contributed by atoms with Crippen molar-refractivity contribution < 1.29 is 0 Å². The summed E-state index contributed by atoms with van der Waals surface area (Å²) in [6.07, 6.45) is 0. The Hall–Kier alpha value is 0.270. The molecule has 0 spiro atoms. The van der Waals surface area contributed by atoms with Crippen LogP contribution in [-0.4, -0.2) is 30.5 Å². The topological polar surface area (TPSA) is 15.3 Å². The van der Waals surface area contributed by atoms with Gasteiger partial charge in [0.2, 0.25) is 0 Å². The van der Waals surface area contributed by atoms with E-state index in [1.54, 1.807) is 0 Å². The largest absolute Gasteiger partial charge is 0.316 e. The lowest BCUT2D eigenvalue weighted by Gasteiger charge is -2.05. The van der Waals surface area contributed by atoms with Gasteiger partial charge in [0.15, 0.2) is 0 Å². The van der Waals surface area contributed by atoms with Gasteiger partial charge in [0.1, 0.15) is 0 Å². The summed E-state index contributed by atoms with van der Waals surface area (Å²) in [5, 5.41) is 3.38. The standard InChI is InChI=1S/C6H12N2S/c9-8-3-5-1-7-2-6(5)4-8/h5-7,9H,1-4H2. The van der Waals surface area contributed by atoms with Gasteiger partial charge in [-0.3, -0.25) is 4.31 Å². The van der Waals surface area contributed by atoms with Crippen molar-refractivity contribution in [3.05, 3.63) is 0 Å². The highest BCUT2D eigenvalue weighted by atomic mass is 32.1. The van der Waals surface area contributed by atoms with E-state index in [1.807, 2.05) is 0 Å². The predicted octanol–water partition coefficient (Wildman–Crippen LogP) is -0.0176. The second-order valence-electron chi connectivity index (χ2n) is 3.05. The van der Waals surface area contributed by atoms with Crippen LogP contribution < -0.4 is 5.32 Å². The van der Waals surface area contributed by atoms with E-state index in [-0.39, 0.29) is 0 Å². The molecule has 2 nitrogen and oxygen atoms in total. The van der Waals surface area contributed by atoms with Crippen LogP contribution in [0.15, 0.2) is 0 Å². The fraction of sp³-hybridized carbons (Fsp3) is 1.00. The first-order valence-corrected chi connectivity index (χ1v) is 3.91. The molecule has 0 radical (unpaired) electrons. The first kappa shape index (κ1) is 6.01. The second-order valence-corrected chi connectivity index (χ2v) is 3.62. The van der Waals surface area contributed by atoms with Crippen LogP contribution in [0.2, 0.25) is 0 Å². The van der Waals surface area contributed by atoms with E-state index in [0.29, 0.717) is 0 Å². The Morgan fingerprint density at radius 1 is 1.22 bits per heavy atom. The monoisotopic (exact) mass is 144 g/mol. The third-order valence-electron chi connectivity index (χ3n) is 2.37. The van der Waals surface area contributed by atoms with Crippen molar-refractivity contribution in [3.8, 4) is 0 Å². The number of nitrogens with zero attached hydrogens (tertiary/aromatic N) is 1. The van der Waals surface area contributed by atoms with E-state index in [4.69, 9.17) is 0 Å². The van der Waals surface area contributed by atoms with Crippen molar-refractivity contribution in [3.63, 3.8) is 0 Å². The van der Waals surface area contributed by atoms with Crippen LogP contribution in [0.3, 0.4) is 0 Å². The lowest BCUT2D eigenvalue weighted by Crippen LogP contribution is -2.18. The molecule has 2 unspecified atom stereocenters. The Kier molecular flexibility index (Phi) is 1.43. The van der Waals surface area contributed by atoms with Crippen LogP contribution >= 0.6 is 12.8 Å². The third kappa shape index (κ3) is 0.974. The average Bonchev–Trinajstić information content (AvgIpc) is 2.22. The van der Waals surface area contributed by atoms with E-state index in [1.165, 1.54) is 26.2 Å². The molecule has 2 heterocycles. The van der Waals surface area contributed by atoms with Crippen molar-refractivity contribution >= 4 is 12.8 Å². The Morgan fingerprint density at radius 3 is 2.33 bits per heavy atom. The molecule has 2 aliphatic rings. The van der Waals surface area contributed by atoms with Gasteiger partial charge in [-0.15, -0.1) is 0 Å². The lowest BCUT2D eigenvalue weighted by molar-refractivity contribution is 0.526. The molecule has 1 N–H and O–H groups in total. The number of fused-ring (bicyclic) bond motifs is 1. The molecule has 2 rings (SSSR count). The van der Waals surface area contributed by atoms with Gasteiger partial charge in [-0.2, -0.15) is 0 Å². The molecule has 0 aliphatic carbocycles. The Balaban J connectivity index is 2.02. The molecule has 9 heavy (non-hydrogen) atoms. The van der Waals surface area contributed by atoms with Gasteiger partial charge < -0.3 is 5.32 Å². The van der Waals surface area contributed by atoms with Gasteiger partial charge in [0.05, 0.1) is 0 Å². The van der Waals surface area contributed by atoms with E-state index in [2.05, 4.69) is 22.4 Å².